The van der Waals surface area contributed by atoms with E-state index in [1.54, 1.807) is 0 Å². The largest absolute Gasteiger partial charge is 0.481 e. The van der Waals surface area contributed by atoms with Gasteiger partial charge in [-0.05, 0) is 28.9 Å². The number of hydrogen-bond acceptors (Lipinski definition) is 2. The summed E-state index contributed by atoms with van der Waals surface area (Å²) in [5, 5.41) is 13.0. The van der Waals surface area contributed by atoms with Gasteiger partial charge in [0.1, 0.15) is 5.82 Å². The lowest BCUT2D eigenvalue weighted by molar-refractivity contribution is -0.137. The van der Waals surface area contributed by atoms with Crippen molar-refractivity contribution in [3.05, 3.63) is 28.2 Å². The summed E-state index contributed by atoms with van der Waals surface area (Å²) >= 11 is 2.92. The normalized spacial score (nSPS) is 11.8. The van der Waals surface area contributed by atoms with E-state index in [0.717, 1.165) is 6.07 Å². The highest BCUT2D eigenvalue weighted by Gasteiger charge is 2.15. The molecule has 1 aromatic carbocycles. The molecule has 19 heavy (non-hydrogen) atoms. The number of anilines is 1. The van der Waals surface area contributed by atoms with Crippen LogP contribution in [0.3, 0.4) is 0 Å². The van der Waals surface area contributed by atoms with Gasteiger partial charge >= 0.3 is 12.0 Å². The van der Waals surface area contributed by atoms with E-state index in [2.05, 4.69) is 26.6 Å². The second kappa shape index (κ2) is 6.46. The molecule has 0 saturated carbocycles. The van der Waals surface area contributed by atoms with Crippen LogP contribution in [0, 0.1) is 11.6 Å². The summed E-state index contributed by atoms with van der Waals surface area (Å²) in [7, 11) is 0. The predicted molar refractivity (Wildman–Crippen MR) is 67.9 cm³/mol. The zero-order valence-electron chi connectivity index (χ0n) is 9.84. The number of halogens is 3. The average Bonchev–Trinajstić information content (AvgIpc) is 2.21. The molecule has 0 aliphatic rings. The third-order valence-electron chi connectivity index (χ3n) is 2.10. The molecule has 0 aliphatic heterocycles. The Hall–Kier alpha value is -1.70. The molecular weight excluding hydrogens is 326 g/mol. The van der Waals surface area contributed by atoms with Gasteiger partial charge in [-0.2, -0.15) is 0 Å². The number of benzene rings is 1. The minimum Gasteiger partial charge on any atom is -0.481 e. The molecule has 1 rings (SSSR count). The van der Waals surface area contributed by atoms with Crippen LogP contribution in [0.25, 0.3) is 0 Å². The van der Waals surface area contributed by atoms with Crippen LogP contribution in [-0.2, 0) is 4.79 Å². The van der Waals surface area contributed by atoms with Crippen molar-refractivity contribution in [1.29, 1.82) is 0 Å². The molecule has 104 valence electrons. The number of carbonyl (C=O) groups excluding carboxylic acids is 1. The standard InChI is InChI=1S/C11H11BrF2N2O3/c1-5(2-9(17)18)15-11(19)16-10-7(12)3-6(13)4-8(10)14/h3-5H,2H2,1H3,(H,17,18)(H2,15,16,19). The summed E-state index contributed by atoms with van der Waals surface area (Å²) in [6.45, 7) is 1.49. The summed E-state index contributed by atoms with van der Waals surface area (Å²) in [5.41, 5.74) is -0.221. The van der Waals surface area contributed by atoms with E-state index in [-0.39, 0.29) is 16.6 Å². The second-order valence-corrected chi connectivity index (χ2v) is 4.70. The number of carboxylic acid groups (broad SMARTS) is 1. The number of rotatable bonds is 4. The van der Waals surface area contributed by atoms with E-state index >= 15 is 0 Å². The molecule has 2 amide bonds. The molecule has 8 heteroatoms. The molecular formula is C11H11BrF2N2O3. The second-order valence-electron chi connectivity index (χ2n) is 3.84. The van der Waals surface area contributed by atoms with Crippen LogP contribution in [0.1, 0.15) is 13.3 Å². The quantitative estimate of drug-likeness (QED) is 0.790. The molecule has 1 atom stereocenters. The van der Waals surface area contributed by atoms with Crippen molar-refractivity contribution in [2.24, 2.45) is 0 Å². The van der Waals surface area contributed by atoms with E-state index in [1.807, 2.05) is 0 Å². The zero-order valence-corrected chi connectivity index (χ0v) is 11.4. The first-order valence-electron chi connectivity index (χ1n) is 5.23. The molecule has 3 N–H and O–H groups in total. The molecule has 0 aliphatic carbocycles. The maximum absolute atomic E-state index is 13.4. The number of hydrogen-bond donors (Lipinski definition) is 3. The number of urea groups is 1. The third-order valence-corrected chi connectivity index (χ3v) is 2.73. The molecule has 0 saturated heterocycles. The fourth-order valence-electron chi connectivity index (χ4n) is 1.35. The third kappa shape index (κ3) is 4.82. The molecule has 1 aromatic rings. The van der Waals surface area contributed by atoms with Crippen LogP contribution in [-0.4, -0.2) is 23.1 Å². The van der Waals surface area contributed by atoms with Gasteiger partial charge in [0.2, 0.25) is 0 Å². The molecule has 5 nitrogen and oxygen atoms in total. The van der Waals surface area contributed by atoms with Crippen molar-refractivity contribution in [2.45, 2.75) is 19.4 Å². The summed E-state index contributed by atoms with van der Waals surface area (Å²) in [6.07, 6.45) is -0.263. The van der Waals surface area contributed by atoms with Crippen molar-refractivity contribution >= 4 is 33.6 Å². The first-order chi connectivity index (χ1) is 8.79. The number of aliphatic carboxylic acids is 1. The van der Waals surface area contributed by atoms with Crippen molar-refractivity contribution in [3.63, 3.8) is 0 Å². The van der Waals surface area contributed by atoms with Crippen LogP contribution in [0.4, 0.5) is 19.3 Å². The van der Waals surface area contributed by atoms with Gasteiger partial charge < -0.3 is 15.7 Å². The van der Waals surface area contributed by atoms with E-state index < -0.39 is 29.7 Å². The summed E-state index contributed by atoms with van der Waals surface area (Å²) < 4.78 is 26.3. The minimum absolute atomic E-state index is 0.0473. The lowest BCUT2D eigenvalue weighted by atomic mass is 10.2. The molecule has 0 heterocycles. The van der Waals surface area contributed by atoms with Gasteiger partial charge in [-0.25, -0.2) is 13.6 Å². The highest BCUT2D eigenvalue weighted by atomic mass is 79.9. The molecule has 0 fully saturated rings. The summed E-state index contributed by atoms with van der Waals surface area (Å²) in [4.78, 5) is 21.9. The predicted octanol–water partition coefficient (Wildman–Crippen LogP) is 2.71. The Bertz CT molecular complexity index is 488. The fourth-order valence-corrected chi connectivity index (χ4v) is 1.86. The van der Waals surface area contributed by atoms with Crippen LogP contribution in [0.5, 0.6) is 0 Å². The number of amides is 2. The van der Waals surface area contributed by atoms with Crippen molar-refractivity contribution in [3.8, 4) is 0 Å². The lowest BCUT2D eigenvalue weighted by Crippen LogP contribution is -2.37. The van der Waals surface area contributed by atoms with Crippen LogP contribution in [0.15, 0.2) is 16.6 Å². The monoisotopic (exact) mass is 336 g/mol. The van der Waals surface area contributed by atoms with Crippen molar-refractivity contribution < 1.29 is 23.5 Å². The topological polar surface area (TPSA) is 78.4 Å². The smallest absolute Gasteiger partial charge is 0.319 e. The van der Waals surface area contributed by atoms with E-state index in [1.165, 1.54) is 6.92 Å². The Morgan fingerprint density at radius 1 is 1.42 bits per heavy atom. The highest BCUT2D eigenvalue weighted by Crippen LogP contribution is 2.26. The van der Waals surface area contributed by atoms with Gasteiger partial charge in [-0.3, -0.25) is 4.79 Å². The number of carbonyl (C=O) groups is 2. The van der Waals surface area contributed by atoms with Crippen LogP contribution in [0.2, 0.25) is 0 Å². The number of carboxylic acids is 1. The van der Waals surface area contributed by atoms with E-state index in [9.17, 15) is 18.4 Å². The SMILES string of the molecule is CC(CC(=O)O)NC(=O)Nc1c(F)cc(F)cc1Br. The van der Waals surface area contributed by atoms with Gasteiger partial charge in [-0.15, -0.1) is 0 Å². The molecule has 0 aromatic heterocycles. The lowest BCUT2D eigenvalue weighted by Gasteiger charge is -2.14. The average molecular weight is 337 g/mol. The zero-order chi connectivity index (χ0) is 14.6. The molecule has 0 bridgehead atoms. The van der Waals surface area contributed by atoms with Gasteiger partial charge in [0.25, 0.3) is 0 Å². The Labute approximate surface area is 116 Å². The van der Waals surface area contributed by atoms with Crippen molar-refractivity contribution in [2.75, 3.05) is 5.32 Å². The first-order valence-corrected chi connectivity index (χ1v) is 6.02. The van der Waals surface area contributed by atoms with Crippen LogP contribution < -0.4 is 10.6 Å². The van der Waals surface area contributed by atoms with Gasteiger partial charge in [0, 0.05) is 16.6 Å². The highest BCUT2D eigenvalue weighted by molar-refractivity contribution is 9.10. The summed E-state index contributed by atoms with van der Waals surface area (Å²) in [6, 6.07) is 0.222. The Morgan fingerprint density at radius 2 is 2.05 bits per heavy atom. The van der Waals surface area contributed by atoms with Crippen LogP contribution >= 0.6 is 15.9 Å². The maximum Gasteiger partial charge on any atom is 0.319 e. The molecule has 0 spiro atoms. The molecule has 0 radical (unpaired) electrons. The Morgan fingerprint density at radius 3 is 2.58 bits per heavy atom. The van der Waals surface area contributed by atoms with E-state index in [4.69, 9.17) is 5.11 Å². The molecule has 1 unspecified atom stereocenters. The first kappa shape index (κ1) is 15.4. The van der Waals surface area contributed by atoms with E-state index in [0.29, 0.717) is 6.07 Å². The number of nitrogens with one attached hydrogen (secondary N) is 2. The Kier molecular flexibility index (Phi) is 5.22. The Balaban J connectivity index is 2.70. The minimum atomic E-state index is -1.07. The van der Waals surface area contributed by atoms with Crippen molar-refractivity contribution in [1.82, 2.24) is 5.32 Å². The fraction of sp³-hybridized carbons (Fsp3) is 0.273. The summed E-state index contributed by atoms with van der Waals surface area (Å²) in [5.74, 6) is -2.79. The van der Waals surface area contributed by atoms with Gasteiger partial charge in [0.05, 0.1) is 12.1 Å². The van der Waals surface area contributed by atoms with Gasteiger partial charge in [0.15, 0.2) is 5.82 Å². The maximum atomic E-state index is 13.4. The van der Waals surface area contributed by atoms with Gasteiger partial charge in [-0.1, -0.05) is 0 Å².